The fourth-order valence-electron chi connectivity index (χ4n) is 3.13. The van der Waals surface area contributed by atoms with Crippen LogP contribution >= 0.6 is 0 Å². The highest BCUT2D eigenvalue weighted by molar-refractivity contribution is 5.87. The van der Waals surface area contributed by atoms with Crippen LogP contribution in [-0.4, -0.2) is 27.2 Å². The van der Waals surface area contributed by atoms with E-state index in [1.54, 1.807) is 26.2 Å². The zero-order valence-corrected chi connectivity index (χ0v) is 16.8. The van der Waals surface area contributed by atoms with Crippen LogP contribution in [-0.2, 0) is 17.8 Å². The maximum atomic E-state index is 12.5. The van der Waals surface area contributed by atoms with Crippen LogP contribution in [0.3, 0.4) is 0 Å². The van der Waals surface area contributed by atoms with E-state index in [-0.39, 0.29) is 12.3 Å². The van der Waals surface area contributed by atoms with Crippen LogP contribution in [0, 0.1) is 6.92 Å². The number of hydrogen-bond acceptors (Lipinski definition) is 6. The molecule has 152 valence electrons. The Morgan fingerprint density at radius 2 is 1.76 bits per heavy atom. The molecular weight excluding hydrogens is 374 g/mol. The molecule has 0 bridgehead atoms. The van der Waals surface area contributed by atoms with E-state index < -0.39 is 5.63 Å². The van der Waals surface area contributed by atoms with Gasteiger partial charge in [0.15, 0.2) is 11.5 Å². The molecule has 0 saturated heterocycles. The number of benzene rings is 2. The van der Waals surface area contributed by atoms with Gasteiger partial charge in [-0.3, -0.25) is 4.79 Å². The molecule has 3 aromatic rings. The minimum absolute atomic E-state index is 0.0809. The van der Waals surface area contributed by atoms with Crippen molar-refractivity contribution in [3.63, 3.8) is 0 Å². The number of methoxy groups -OCH3 is 3. The van der Waals surface area contributed by atoms with Crippen LogP contribution in [0.15, 0.2) is 45.6 Å². The van der Waals surface area contributed by atoms with Gasteiger partial charge in [0.05, 0.1) is 33.3 Å². The Morgan fingerprint density at radius 1 is 1.03 bits per heavy atom. The van der Waals surface area contributed by atoms with Crippen molar-refractivity contribution in [2.24, 2.45) is 0 Å². The lowest BCUT2D eigenvalue weighted by Crippen LogP contribution is -2.27. The summed E-state index contributed by atoms with van der Waals surface area (Å²) in [6, 6.07) is 10.8. The minimum Gasteiger partial charge on any atom is -0.497 e. The normalized spacial score (nSPS) is 10.6. The van der Waals surface area contributed by atoms with Crippen molar-refractivity contribution >= 4 is 16.9 Å². The monoisotopic (exact) mass is 397 g/mol. The van der Waals surface area contributed by atoms with Crippen molar-refractivity contribution in [1.82, 2.24) is 5.32 Å². The van der Waals surface area contributed by atoms with E-state index >= 15 is 0 Å². The molecule has 0 radical (unpaired) electrons. The first-order valence-corrected chi connectivity index (χ1v) is 9.04. The summed E-state index contributed by atoms with van der Waals surface area (Å²) in [4.78, 5) is 24.9. The van der Waals surface area contributed by atoms with Crippen LogP contribution in [0.4, 0.5) is 0 Å². The fourth-order valence-corrected chi connectivity index (χ4v) is 3.13. The Hall–Kier alpha value is -3.48. The first kappa shape index (κ1) is 20.3. The van der Waals surface area contributed by atoms with E-state index in [1.807, 2.05) is 24.3 Å². The smallest absolute Gasteiger partial charge is 0.340 e. The van der Waals surface area contributed by atoms with Gasteiger partial charge >= 0.3 is 5.63 Å². The zero-order chi connectivity index (χ0) is 21.0. The quantitative estimate of drug-likeness (QED) is 0.617. The molecule has 3 rings (SSSR count). The van der Waals surface area contributed by atoms with Gasteiger partial charge in [0.25, 0.3) is 0 Å². The lowest BCUT2D eigenvalue weighted by molar-refractivity contribution is -0.120. The molecule has 0 aliphatic heterocycles. The van der Waals surface area contributed by atoms with Crippen LogP contribution in [0.25, 0.3) is 11.0 Å². The molecule has 0 atom stereocenters. The van der Waals surface area contributed by atoms with Crippen LogP contribution in [0.2, 0.25) is 0 Å². The summed E-state index contributed by atoms with van der Waals surface area (Å²) in [7, 11) is 4.63. The summed E-state index contributed by atoms with van der Waals surface area (Å²) in [5, 5.41) is 3.51. The molecular formula is C22H23NO6. The van der Waals surface area contributed by atoms with Crippen molar-refractivity contribution in [1.29, 1.82) is 0 Å². The lowest BCUT2D eigenvalue weighted by Gasteiger charge is -2.12. The van der Waals surface area contributed by atoms with Crippen molar-refractivity contribution in [3.8, 4) is 17.2 Å². The molecule has 0 aliphatic rings. The lowest BCUT2D eigenvalue weighted by atomic mass is 10.0. The fraction of sp³-hybridized carbons (Fsp3) is 0.273. The third-order valence-electron chi connectivity index (χ3n) is 4.75. The first-order valence-electron chi connectivity index (χ1n) is 9.04. The maximum Gasteiger partial charge on any atom is 0.340 e. The topological polar surface area (TPSA) is 87.0 Å². The third kappa shape index (κ3) is 4.34. The van der Waals surface area contributed by atoms with Crippen LogP contribution in [0.1, 0.15) is 16.7 Å². The largest absolute Gasteiger partial charge is 0.497 e. The predicted octanol–water partition coefficient (Wildman–Crippen LogP) is 2.99. The van der Waals surface area contributed by atoms with Gasteiger partial charge in [-0.15, -0.1) is 0 Å². The molecule has 0 saturated carbocycles. The number of amides is 1. The number of ether oxygens (including phenoxy) is 3. The van der Waals surface area contributed by atoms with E-state index in [4.69, 9.17) is 18.6 Å². The van der Waals surface area contributed by atoms with E-state index in [2.05, 4.69) is 5.32 Å². The Morgan fingerprint density at radius 3 is 2.45 bits per heavy atom. The highest BCUT2D eigenvalue weighted by atomic mass is 16.5. The molecule has 0 unspecified atom stereocenters. The highest BCUT2D eigenvalue weighted by Crippen LogP contribution is 2.33. The SMILES string of the molecule is COc1cccc(CNC(=O)Cc2c(C)c3cc(OC)c(OC)cc3oc2=O)c1. The molecule has 1 amide bonds. The van der Waals surface area contributed by atoms with Gasteiger partial charge in [-0.05, 0) is 36.2 Å². The van der Waals surface area contributed by atoms with Gasteiger partial charge in [0, 0.05) is 18.0 Å². The maximum absolute atomic E-state index is 12.5. The average molecular weight is 397 g/mol. The van der Waals surface area contributed by atoms with Crippen molar-refractivity contribution < 1.29 is 23.4 Å². The summed E-state index contributed by atoms with van der Waals surface area (Å²) in [6.45, 7) is 2.12. The molecule has 29 heavy (non-hydrogen) atoms. The minimum atomic E-state index is -0.543. The molecule has 1 N–H and O–H groups in total. The molecule has 0 fully saturated rings. The van der Waals surface area contributed by atoms with E-state index in [9.17, 15) is 9.59 Å². The standard InChI is InChI=1S/C22H23NO6/c1-13-16-9-19(27-3)20(28-4)11-18(16)29-22(25)17(13)10-21(24)23-12-14-6-5-7-15(8-14)26-2/h5-9,11H,10,12H2,1-4H3,(H,23,24). The Balaban J connectivity index is 1.83. The first-order chi connectivity index (χ1) is 14.0. The molecule has 7 heteroatoms. The molecule has 2 aromatic carbocycles. The van der Waals surface area contributed by atoms with Gasteiger partial charge in [0.2, 0.25) is 5.91 Å². The highest BCUT2D eigenvalue weighted by Gasteiger charge is 2.17. The molecule has 1 heterocycles. The zero-order valence-electron chi connectivity index (χ0n) is 16.8. The average Bonchev–Trinajstić information content (AvgIpc) is 2.74. The van der Waals surface area contributed by atoms with Gasteiger partial charge in [-0.1, -0.05) is 12.1 Å². The van der Waals surface area contributed by atoms with Crippen molar-refractivity contribution in [2.45, 2.75) is 19.9 Å². The van der Waals surface area contributed by atoms with Gasteiger partial charge in [0.1, 0.15) is 11.3 Å². The van der Waals surface area contributed by atoms with Gasteiger partial charge < -0.3 is 23.9 Å². The molecule has 0 spiro atoms. The molecule has 1 aromatic heterocycles. The summed E-state index contributed by atoms with van der Waals surface area (Å²) in [5.41, 5.74) is 1.72. The van der Waals surface area contributed by atoms with Crippen molar-refractivity contribution in [2.75, 3.05) is 21.3 Å². The van der Waals surface area contributed by atoms with E-state index in [0.717, 1.165) is 5.56 Å². The van der Waals surface area contributed by atoms with Crippen LogP contribution < -0.4 is 25.2 Å². The summed E-state index contributed by atoms with van der Waals surface area (Å²) in [6.07, 6.45) is -0.0809. The summed E-state index contributed by atoms with van der Waals surface area (Å²) >= 11 is 0. The Kier molecular flexibility index (Phi) is 6.07. The number of fused-ring (bicyclic) bond motifs is 1. The molecule has 0 aliphatic carbocycles. The second kappa shape index (κ2) is 8.68. The second-order valence-corrected chi connectivity index (χ2v) is 6.50. The Bertz CT molecular complexity index is 1100. The summed E-state index contributed by atoms with van der Waals surface area (Å²) < 4.78 is 21.2. The predicted molar refractivity (Wildman–Crippen MR) is 109 cm³/mol. The third-order valence-corrected chi connectivity index (χ3v) is 4.75. The number of rotatable bonds is 7. The summed E-state index contributed by atoms with van der Waals surface area (Å²) in [5.74, 6) is 1.42. The van der Waals surface area contributed by atoms with E-state index in [1.165, 1.54) is 14.2 Å². The number of nitrogens with one attached hydrogen (secondary N) is 1. The second-order valence-electron chi connectivity index (χ2n) is 6.50. The molecule has 7 nitrogen and oxygen atoms in total. The van der Waals surface area contributed by atoms with Crippen LogP contribution in [0.5, 0.6) is 17.2 Å². The number of aryl methyl sites for hydroxylation is 1. The van der Waals surface area contributed by atoms with Gasteiger partial charge in [-0.2, -0.15) is 0 Å². The van der Waals surface area contributed by atoms with Crippen molar-refractivity contribution in [3.05, 3.63) is 63.5 Å². The van der Waals surface area contributed by atoms with Gasteiger partial charge in [-0.25, -0.2) is 4.79 Å². The Labute approximate surface area is 168 Å². The van der Waals surface area contributed by atoms with E-state index in [0.29, 0.717) is 45.9 Å². The number of carbonyl (C=O) groups is 1. The number of hydrogen-bond donors (Lipinski definition) is 1. The number of carbonyl (C=O) groups excluding carboxylic acids is 1.